The zero-order valence-corrected chi connectivity index (χ0v) is 15.5. The molecule has 3 rings (SSSR count). The summed E-state index contributed by atoms with van der Waals surface area (Å²) in [5, 5.41) is 6.17. The lowest BCUT2D eigenvalue weighted by Crippen LogP contribution is -2.20. The topological polar surface area (TPSA) is 53.6 Å². The van der Waals surface area contributed by atoms with Crippen molar-refractivity contribution in [3.63, 3.8) is 0 Å². The van der Waals surface area contributed by atoms with Gasteiger partial charge in [0.25, 0.3) is 5.91 Å². The van der Waals surface area contributed by atoms with Crippen LogP contribution in [0.25, 0.3) is 0 Å². The summed E-state index contributed by atoms with van der Waals surface area (Å²) in [7, 11) is 4.03. The van der Waals surface area contributed by atoms with Gasteiger partial charge in [-0.15, -0.1) is 0 Å². The van der Waals surface area contributed by atoms with Crippen LogP contribution in [0.4, 0.5) is 22.7 Å². The maximum absolute atomic E-state index is 12.0. The van der Waals surface area contributed by atoms with Crippen molar-refractivity contribution in [3.05, 3.63) is 78.9 Å². The van der Waals surface area contributed by atoms with Gasteiger partial charge < -0.3 is 20.3 Å². The summed E-state index contributed by atoms with van der Waals surface area (Å²) < 4.78 is 5.44. The summed E-state index contributed by atoms with van der Waals surface area (Å²) >= 11 is 0. The van der Waals surface area contributed by atoms with E-state index in [4.69, 9.17) is 4.74 Å². The van der Waals surface area contributed by atoms with Gasteiger partial charge in [0, 0.05) is 36.8 Å². The smallest absolute Gasteiger partial charge is 0.262 e. The summed E-state index contributed by atoms with van der Waals surface area (Å²) in [5.74, 6) is 0.478. The van der Waals surface area contributed by atoms with Crippen molar-refractivity contribution in [1.82, 2.24) is 0 Å². The molecule has 1 amide bonds. The van der Waals surface area contributed by atoms with Gasteiger partial charge in [-0.3, -0.25) is 4.79 Å². The third-order valence-electron chi connectivity index (χ3n) is 3.95. The van der Waals surface area contributed by atoms with E-state index in [0.717, 1.165) is 22.7 Å². The minimum atomic E-state index is -0.196. The first-order valence-corrected chi connectivity index (χ1v) is 8.72. The number of anilines is 4. The average Bonchev–Trinajstić information content (AvgIpc) is 2.69. The van der Waals surface area contributed by atoms with E-state index in [0.29, 0.717) is 5.75 Å². The molecule has 0 heterocycles. The van der Waals surface area contributed by atoms with Gasteiger partial charge in [-0.05, 0) is 60.7 Å². The van der Waals surface area contributed by atoms with E-state index >= 15 is 0 Å². The number of benzene rings is 3. The second kappa shape index (κ2) is 8.76. The molecule has 0 unspecified atom stereocenters. The number of nitrogens with zero attached hydrogens (tertiary/aromatic N) is 1. The Balaban J connectivity index is 1.51. The molecule has 0 aliphatic heterocycles. The summed E-state index contributed by atoms with van der Waals surface area (Å²) in [6.45, 7) is -0.0256. The summed E-state index contributed by atoms with van der Waals surface area (Å²) in [6.07, 6.45) is 0. The van der Waals surface area contributed by atoms with E-state index in [1.165, 1.54) is 0 Å². The highest BCUT2D eigenvalue weighted by molar-refractivity contribution is 5.92. The van der Waals surface area contributed by atoms with Crippen LogP contribution >= 0.6 is 0 Å². The normalized spacial score (nSPS) is 10.1. The Morgan fingerprint density at radius 3 is 1.96 bits per heavy atom. The molecule has 0 aromatic heterocycles. The molecule has 138 valence electrons. The number of para-hydroxylation sites is 1. The molecule has 0 aliphatic rings. The number of nitrogens with one attached hydrogen (secondary N) is 2. The molecular formula is C22H23N3O2. The number of hydrogen-bond donors (Lipinski definition) is 2. The molecular weight excluding hydrogens is 338 g/mol. The molecule has 0 fully saturated rings. The molecule has 0 saturated carbocycles. The molecule has 3 aromatic rings. The maximum Gasteiger partial charge on any atom is 0.262 e. The Kier molecular flexibility index (Phi) is 5.94. The molecule has 0 radical (unpaired) electrons. The fourth-order valence-corrected chi connectivity index (χ4v) is 2.51. The van der Waals surface area contributed by atoms with Crippen molar-refractivity contribution in [2.24, 2.45) is 0 Å². The largest absolute Gasteiger partial charge is 0.484 e. The van der Waals surface area contributed by atoms with Crippen LogP contribution in [0, 0.1) is 0 Å². The molecule has 0 saturated heterocycles. The van der Waals surface area contributed by atoms with Gasteiger partial charge in [0.1, 0.15) is 5.75 Å². The molecule has 5 heteroatoms. The van der Waals surface area contributed by atoms with Crippen LogP contribution < -0.4 is 20.3 Å². The van der Waals surface area contributed by atoms with Crippen molar-refractivity contribution in [2.45, 2.75) is 0 Å². The van der Waals surface area contributed by atoms with Crippen molar-refractivity contribution in [1.29, 1.82) is 0 Å². The minimum absolute atomic E-state index is 0.0256. The average molecular weight is 361 g/mol. The zero-order chi connectivity index (χ0) is 19.1. The molecule has 3 aromatic carbocycles. The Bertz CT molecular complexity index is 860. The predicted octanol–water partition coefficient (Wildman–Crippen LogP) is 4.51. The Morgan fingerprint density at radius 2 is 1.37 bits per heavy atom. The lowest BCUT2D eigenvalue weighted by Gasteiger charge is -2.13. The minimum Gasteiger partial charge on any atom is -0.484 e. The summed E-state index contributed by atoms with van der Waals surface area (Å²) in [6, 6.07) is 25.0. The predicted molar refractivity (Wildman–Crippen MR) is 111 cm³/mol. The van der Waals surface area contributed by atoms with Crippen LogP contribution in [-0.2, 0) is 4.79 Å². The van der Waals surface area contributed by atoms with Crippen molar-refractivity contribution in [3.8, 4) is 5.75 Å². The van der Waals surface area contributed by atoms with E-state index in [9.17, 15) is 4.79 Å². The first kappa shape index (κ1) is 18.3. The number of ether oxygens (including phenoxy) is 1. The van der Waals surface area contributed by atoms with Crippen LogP contribution in [0.5, 0.6) is 5.75 Å². The fourth-order valence-electron chi connectivity index (χ4n) is 2.51. The molecule has 2 N–H and O–H groups in total. The monoisotopic (exact) mass is 361 g/mol. The Hall–Kier alpha value is -3.47. The third-order valence-corrected chi connectivity index (χ3v) is 3.95. The standard InChI is InChI=1S/C22H23N3O2/c1-25(2)20-14-12-18(13-15-20)23-17-8-10-19(11-9-17)24-22(26)16-27-21-6-4-3-5-7-21/h3-15,23H,16H2,1-2H3,(H,24,26). The molecule has 0 spiro atoms. The second-order valence-corrected chi connectivity index (χ2v) is 6.29. The van der Waals surface area contributed by atoms with Crippen molar-refractivity contribution in [2.75, 3.05) is 36.2 Å². The lowest BCUT2D eigenvalue weighted by atomic mass is 10.2. The van der Waals surface area contributed by atoms with Gasteiger partial charge in [-0.2, -0.15) is 0 Å². The van der Waals surface area contributed by atoms with Gasteiger partial charge in [-0.25, -0.2) is 0 Å². The Labute approximate surface area is 159 Å². The molecule has 5 nitrogen and oxygen atoms in total. The van der Waals surface area contributed by atoms with Gasteiger partial charge >= 0.3 is 0 Å². The number of rotatable bonds is 7. The fraction of sp³-hybridized carbons (Fsp3) is 0.136. The van der Waals surface area contributed by atoms with Crippen molar-refractivity contribution < 1.29 is 9.53 Å². The molecule has 0 aliphatic carbocycles. The highest BCUT2D eigenvalue weighted by Gasteiger charge is 2.04. The van der Waals surface area contributed by atoms with Crippen LogP contribution in [0.3, 0.4) is 0 Å². The van der Waals surface area contributed by atoms with E-state index in [1.807, 2.05) is 80.8 Å². The van der Waals surface area contributed by atoms with E-state index < -0.39 is 0 Å². The van der Waals surface area contributed by atoms with Gasteiger partial charge in [0.2, 0.25) is 0 Å². The van der Waals surface area contributed by atoms with E-state index in [1.54, 1.807) is 0 Å². The zero-order valence-electron chi connectivity index (χ0n) is 15.5. The van der Waals surface area contributed by atoms with Gasteiger partial charge in [0.05, 0.1) is 0 Å². The number of carbonyl (C=O) groups excluding carboxylic acids is 1. The van der Waals surface area contributed by atoms with Crippen LogP contribution in [0.1, 0.15) is 0 Å². The first-order chi connectivity index (χ1) is 13.1. The van der Waals surface area contributed by atoms with Gasteiger partial charge in [0.15, 0.2) is 6.61 Å². The number of amides is 1. The Morgan fingerprint density at radius 1 is 0.815 bits per heavy atom. The van der Waals surface area contributed by atoms with E-state index in [2.05, 4.69) is 27.7 Å². The quantitative estimate of drug-likeness (QED) is 0.650. The highest BCUT2D eigenvalue weighted by atomic mass is 16.5. The van der Waals surface area contributed by atoms with Crippen LogP contribution in [0.15, 0.2) is 78.9 Å². The summed E-state index contributed by atoms with van der Waals surface area (Å²) in [5.41, 5.74) is 3.83. The van der Waals surface area contributed by atoms with Crippen molar-refractivity contribution >= 4 is 28.7 Å². The molecule has 0 atom stereocenters. The SMILES string of the molecule is CN(C)c1ccc(Nc2ccc(NC(=O)COc3ccccc3)cc2)cc1. The van der Waals surface area contributed by atoms with Crippen LogP contribution in [0.2, 0.25) is 0 Å². The maximum atomic E-state index is 12.0. The molecule has 0 bridgehead atoms. The number of carbonyl (C=O) groups is 1. The second-order valence-electron chi connectivity index (χ2n) is 6.29. The van der Waals surface area contributed by atoms with Crippen LogP contribution in [-0.4, -0.2) is 26.6 Å². The number of hydrogen-bond acceptors (Lipinski definition) is 4. The summed E-state index contributed by atoms with van der Waals surface area (Å²) in [4.78, 5) is 14.1. The van der Waals surface area contributed by atoms with Gasteiger partial charge in [-0.1, -0.05) is 18.2 Å². The highest BCUT2D eigenvalue weighted by Crippen LogP contribution is 2.21. The first-order valence-electron chi connectivity index (χ1n) is 8.72. The lowest BCUT2D eigenvalue weighted by molar-refractivity contribution is -0.118. The van der Waals surface area contributed by atoms with E-state index in [-0.39, 0.29) is 12.5 Å². The molecule has 27 heavy (non-hydrogen) atoms. The third kappa shape index (κ3) is 5.51.